The van der Waals surface area contributed by atoms with E-state index in [1.54, 1.807) is 0 Å². The summed E-state index contributed by atoms with van der Waals surface area (Å²) in [4.78, 5) is 14.0. The van der Waals surface area contributed by atoms with Gasteiger partial charge in [0.15, 0.2) is 0 Å². The Morgan fingerprint density at radius 1 is 1.29 bits per heavy atom. The van der Waals surface area contributed by atoms with Crippen LogP contribution in [-0.4, -0.2) is 46.9 Å². The van der Waals surface area contributed by atoms with Gasteiger partial charge in [-0.1, -0.05) is 25.5 Å². The van der Waals surface area contributed by atoms with E-state index in [4.69, 9.17) is 9.15 Å². The Morgan fingerprint density at radius 3 is 2.93 bits per heavy atom. The molecule has 1 aromatic heterocycles. The number of benzene rings is 1. The van der Waals surface area contributed by atoms with Gasteiger partial charge < -0.3 is 19.4 Å². The third-order valence-electron chi connectivity index (χ3n) is 6.04. The fraction of sp³-hybridized carbons (Fsp3) is 0.500. The SMILES string of the molecule is CCC[C@@]1(CO)CN(Cc2ccc(-c3ccc4c(c3)C(=O)OC4)o2)CC[C@@H]1O. The lowest BCUT2D eigenvalue weighted by Gasteiger charge is -2.45. The zero-order valence-corrected chi connectivity index (χ0v) is 16.2. The van der Waals surface area contributed by atoms with E-state index < -0.39 is 11.5 Å². The molecule has 4 rings (SSSR count). The first kappa shape index (κ1) is 19.2. The highest BCUT2D eigenvalue weighted by atomic mass is 16.5. The Kier molecular flexibility index (Phi) is 5.27. The van der Waals surface area contributed by atoms with Gasteiger partial charge in [-0.05, 0) is 31.0 Å². The third-order valence-corrected chi connectivity index (χ3v) is 6.04. The second-order valence-corrected chi connectivity index (χ2v) is 8.00. The van der Waals surface area contributed by atoms with Crippen LogP contribution in [0.2, 0.25) is 0 Å². The average molecular weight is 385 g/mol. The minimum Gasteiger partial charge on any atom is -0.460 e. The van der Waals surface area contributed by atoms with Crippen LogP contribution in [0.1, 0.15) is 47.9 Å². The first-order valence-corrected chi connectivity index (χ1v) is 9.95. The lowest BCUT2D eigenvalue weighted by molar-refractivity contribution is -0.0829. The van der Waals surface area contributed by atoms with Crippen molar-refractivity contribution in [3.63, 3.8) is 0 Å². The fourth-order valence-electron chi connectivity index (χ4n) is 4.46. The molecule has 150 valence electrons. The molecule has 1 saturated heterocycles. The molecule has 0 aliphatic carbocycles. The molecule has 2 aliphatic heterocycles. The molecule has 0 amide bonds. The smallest absolute Gasteiger partial charge is 0.338 e. The summed E-state index contributed by atoms with van der Waals surface area (Å²) >= 11 is 0. The van der Waals surface area contributed by atoms with Crippen LogP contribution in [0.5, 0.6) is 0 Å². The van der Waals surface area contributed by atoms with Gasteiger partial charge in [0.2, 0.25) is 0 Å². The van der Waals surface area contributed by atoms with Crippen LogP contribution >= 0.6 is 0 Å². The van der Waals surface area contributed by atoms with Crippen molar-refractivity contribution in [1.82, 2.24) is 4.90 Å². The number of piperidine rings is 1. The van der Waals surface area contributed by atoms with E-state index in [-0.39, 0.29) is 12.6 Å². The normalized spacial score (nSPS) is 25.0. The van der Waals surface area contributed by atoms with E-state index >= 15 is 0 Å². The largest absolute Gasteiger partial charge is 0.460 e. The van der Waals surface area contributed by atoms with Crippen LogP contribution < -0.4 is 0 Å². The number of nitrogens with zero attached hydrogens (tertiary/aromatic N) is 1. The van der Waals surface area contributed by atoms with Crippen molar-refractivity contribution in [2.75, 3.05) is 19.7 Å². The zero-order valence-electron chi connectivity index (χ0n) is 16.2. The van der Waals surface area contributed by atoms with Crippen molar-refractivity contribution in [3.8, 4) is 11.3 Å². The Balaban J connectivity index is 1.48. The molecule has 6 nitrogen and oxygen atoms in total. The average Bonchev–Trinajstić information content (AvgIpc) is 3.31. The number of esters is 1. The molecule has 3 heterocycles. The lowest BCUT2D eigenvalue weighted by atomic mass is 9.74. The standard InChI is InChI=1S/C22H27NO5/c1-2-8-22(14-24)13-23(9-7-20(22)25)11-17-5-6-19(28-17)15-3-4-16-12-27-21(26)18(16)10-15/h3-6,10,20,24-25H,2,7-9,11-14H2,1H3/t20-,22-/m0/s1. The van der Waals surface area contributed by atoms with Crippen molar-refractivity contribution in [2.45, 2.75) is 45.4 Å². The van der Waals surface area contributed by atoms with Gasteiger partial charge in [-0.2, -0.15) is 0 Å². The number of rotatable bonds is 6. The summed E-state index contributed by atoms with van der Waals surface area (Å²) in [6.45, 7) is 4.46. The van der Waals surface area contributed by atoms with E-state index in [0.717, 1.165) is 42.0 Å². The van der Waals surface area contributed by atoms with Gasteiger partial charge in [-0.3, -0.25) is 4.90 Å². The van der Waals surface area contributed by atoms with Crippen LogP contribution in [0, 0.1) is 5.41 Å². The number of cyclic esters (lactones) is 1. The maximum atomic E-state index is 11.8. The van der Waals surface area contributed by atoms with E-state index in [9.17, 15) is 15.0 Å². The van der Waals surface area contributed by atoms with Crippen molar-refractivity contribution in [1.29, 1.82) is 0 Å². The Hall–Kier alpha value is -2.15. The van der Waals surface area contributed by atoms with Crippen LogP contribution in [0.25, 0.3) is 11.3 Å². The zero-order chi connectivity index (χ0) is 19.7. The topological polar surface area (TPSA) is 83.1 Å². The van der Waals surface area contributed by atoms with Gasteiger partial charge in [0.1, 0.15) is 18.1 Å². The number of furan rings is 1. The highest BCUT2D eigenvalue weighted by Gasteiger charge is 2.41. The van der Waals surface area contributed by atoms with Crippen molar-refractivity contribution >= 4 is 5.97 Å². The first-order valence-electron chi connectivity index (χ1n) is 9.95. The van der Waals surface area contributed by atoms with E-state index in [1.807, 2.05) is 30.3 Å². The molecule has 6 heteroatoms. The van der Waals surface area contributed by atoms with Crippen LogP contribution in [0.15, 0.2) is 34.7 Å². The van der Waals surface area contributed by atoms with E-state index in [1.165, 1.54) is 0 Å². The molecule has 0 saturated carbocycles. The quantitative estimate of drug-likeness (QED) is 0.744. The van der Waals surface area contributed by atoms with Gasteiger partial charge in [0.05, 0.1) is 24.8 Å². The second-order valence-electron chi connectivity index (χ2n) is 8.00. The fourth-order valence-corrected chi connectivity index (χ4v) is 4.46. The van der Waals surface area contributed by atoms with Crippen LogP contribution in [0.4, 0.5) is 0 Å². The predicted molar refractivity (Wildman–Crippen MR) is 104 cm³/mol. The number of carbonyl (C=O) groups excluding carboxylic acids is 1. The molecule has 1 aromatic carbocycles. The highest BCUT2D eigenvalue weighted by molar-refractivity contribution is 5.94. The minimum absolute atomic E-state index is 0.00681. The maximum Gasteiger partial charge on any atom is 0.338 e. The molecule has 0 bridgehead atoms. The summed E-state index contributed by atoms with van der Waals surface area (Å²) < 4.78 is 11.1. The molecule has 1 fully saturated rings. The Bertz CT molecular complexity index is 860. The maximum absolute atomic E-state index is 11.8. The molecular weight excluding hydrogens is 358 g/mol. The number of hydrogen-bond donors (Lipinski definition) is 2. The first-order chi connectivity index (χ1) is 13.5. The Labute approximate surface area is 164 Å². The monoisotopic (exact) mass is 385 g/mol. The van der Waals surface area contributed by atoms with Gasteiger partial charge >= 0.3 is 5.97 Å². The van der Waals surface area contributed by atoms with Gasteiger partial charge in [0.25, 0.3) is 0 Å². The summed E-state index contributed by atoms with van der Waals surface area (Å²) in [5, 5.41) is 20.4. The molecule has 0 spiro atoms. The van der Waals surface area contributed by atoms with Gasteiger partial charge in [-0.15, -0.1) is 0 Å². The summed E-state index contributed by atoms with van der Waals surface area (Å²) in [7, 11) is 0. The number of carbonyl (C=O) groups is 1. The van der Waals surface area contributed by atoms with Crippen molar-refractivity contribution in [2.24, 2.45) is 5.41 Å². The highest BCUT2D eigenvalue weighted by Crippen LogP contribution is 2.36. The Morgan fingerprint density at radius 2 is 2.14 bits per heavy atom. The number of hydrogen-bond acceptors (Lipinski definition) is 6. The van der Waals surface area contributed by atoms with Crippen LogP contribution in [0.3, 0.4) is 0 Å². The number of aliphatic hydroxyl groups excluding tert-OH is 2. The second kappa shape index (κ2) is 7.70. The lowest BCUT2D eigenvalue weighted by Crippen LogP contribution is -2.53. The molecule has 2 N–H and O–H groups in total. The van der Waals surface area contributed by atoms with Crippen molar-refractivity contribution in [3.05, 3.63) is 47.2 Å². The molecule has 0 radical (unpaired) electrons. The van der Waals surface area contributed by atoms with E-state index in [2.05, 4.69) is 11.8 Å². The molecule has 2 aromatic rings. The molecule has 2 atom stereocenters. The summed E-state index contributed by atoms with van der Waals surface area (Å²) in [6.07, 6.45) is 1.92. The van der Waals surface area contributed by atoms with Gasteiger partial charge in [-0.25, -0.2) is 4.79 Å². The molecule has 0 unspecified atom stereocenters. The summed E-state index contributed by atoms with van der Waals surface area (Å²) in [5.41, 5.74) is 1.91. The number of ether oxygens (including phenoxy) is 1. The number of fused-ring (bicyclic) bond motifs is 1. The number of aliphatic hydroxyl groups is 2. The molecular formula is C22H27NO5. The van der Waals surface area contributed by atoms with E-state index in [0.29, 0.717) is 31.7 Å². The molecule has 28 heavy (non-hydrogen) atoms. The van der Waals surface area contributed by atoms with Crippen molar-refractivity contribution < 1.29 is 24.2 Å². The predicted octanol–water partition coefficient (Wildman–Crippen LogP) is 2.96. The minimum atomic E-state index is -0.466. The third kappa shape index (κ3) is 3.48. The van der Waals surface area contributed by atoms with Crippen LogP contribution in [-0.2, 0) is 17.9 Å². The number of likely N-dealkylation sites (tertiary alicyclic amines) is 1. The molecule has 2 aliphatic rings. The summed E-state index contributed by atoms with van der Waals surface area (Å²) in [5.74, 6) is 1.26. The van der Waals surface area contributed by atoms with Gasteiger partial charge in [0, 0.05) is 29.6 Å². The summed E-state index contributed by atoms with van der Waals surface area (Å²) in [6, 6.07) is 9.54.